The second-order valence-electron chi connectivity index (χ2n) is 4.32. The normalized spacial score (nSPS) is 11.0. The van der Waals surface area contributed by atoms with Crippen LogP contribution in [0.2, 0.25) is 20.1 Å². The van der Waals surface area contributed by atoms with Crippen molar-refractivity contribution in [1.82, 2.24) is 0 Å². The van der Waals surface area contributed by atoms with Gasteiger partial charge in [0.1, 0.15) is 0 Å². The van der Waals surface area contributed by atoms with E-state index >= 15 is 0 Å². The Labute approximate surface area is 145 Å². The van der Waals surface area contributed by atoms with Crippen LogP contribution >= 0.6 is 57.7 Å². The maximum atomic E-state index is 12.7. The molecule has 0 unspecified atom stereocenters. The van der Waals surface area contributed by atoms with Gasteiger partial charge in [-0.1, -0.05) is 64.6 Å². The Morgan fingerprint density at radius 1 is 0.905 bits per heavy atom. The van der Waals surface area contributed by atoms with Crippen LogP contribution in [0.4, 0.5) is 0 Å². The van der Waals surface area contributed by atoms with Crippen LogP contribution in [0.25, 0.3) is 10.1 Å². The Morgan fingerprint density at radius 2 is 1.62 bits per heavy atom. The van der Waals surface area contributed by atoms with Gasteiger partial charge in [0.05, 0.1) is 30.5 Å². The minimum absolute atomic E-state index is 0.0802. The first-order valence-electron chi connectivity index (χ1n) is 5.85. The summed E-state index contributed by atoms with van der Waals surface area (Å²) in [6.45, 7) is 0. The first-order chi connectivity index (χ1) is 9.99. The number of carbonyl (C=O) groups is 1. The van der Waals surface area contributed by atoms with Crippen molar-refractivity contribution in [2.75, 3.05) is 0 Å². The van der Waals surface area contributed by atoms with Crippen LogP contribution in [0.15, 0.2) is 36.4 Å². The number of hydrogen-bond acceptors (Lipinski definition) is 2. The molecule has 0 spiro atoms. The van der Waals surface area contributed by atoms with Gasteiger partial charge < -0.3 is 0 Å². The molecule has 21 heavy (non-hydrogen) atoms. The number of carbonyl (C=O) groups excluding carboxylic acids is 1. The van der Waals surface area contributed by atoms with E-state index < -0.39 is 0 Å². The molecule has 1 nitrogen and oxygen atoms in total. The highest BCUT2D eigenvalue weighted by Crippen LogP contribution is 2.39. The van der Waals surface area contributed by atoms with E-state index in [0.29, 0.717) is 4.88 Å². The van der Waals surface area contributed by atoms with E-state index in [4.69, 9.17) is 46.4 Å². The van der Waals surface area contributed by atoms with Crippen molar-refractivity contribution < 1.29 is 4.79 Å². The summed E-state index contributed by atoms with van der Waals surface area (Å²) in [5.74, 6) is -0.259. The summed E-state index contributed by atoms with van der Waals surface area (Å²) in [6, 6.07) is 11.0. The molecule has 1 heterocycles. The molecule has 106 valence electrons. The monoisotopic (exact) mass is 374 g/mol. The summed E-state index contributed by atoms with van der Waals surface area (Å²) in [5.41, 5.74) is 0.180. The molecule has 0 atom stereocenters. The van der Waals surface area contributed by atoms with Gasteiger partial charge in [-0.15, -0.1) is 11.3 Å². The van der Waals surface area contributed by atoms with Crippen LogP contribution in [0.5, 0.6) is 0 Å². The van der Waals surface area contributed by atoms with Gasteiger partial charge in [-0.2, -0.15) is 0 Å². The standard InChI is InChI=1S/C15H6Cl4OS/c16-8-6-9(17)13(18)14(19)12(8)15(20)11-5-7-3-1-2-4-10(7)21-11/h1-6H. The molecule has 0 aliphatic rings. The van der Waals surface area contributed by atoms with E-state index in [0.717, 1.165) is 10.1 Å². The summed E-state index contributed by atoms with van der Waals surface area (Å²) in [4.78, 5) is 13.2. The maximum absolute atomic E-state index is 12.7. The Bertz CT molecular complexity index is 836. The van der Waals surface area contributed by atoms with Crippen molar-refractivity contribution in [3.63, 3.8) is 0 Å². The summed E-state index contributed by atoms with van der Waals surface area (Å²) in [7, 11) is 0. The summed E-state index contributed by atoms with van der Waals surface area (Å²) >= 11 is 25.5. The SMILES string of the molecule is O=C(c1cc2ccccc2s1)c1c(Cl)cc(Cl)c(Cl)c1Cl. The van der Waals surface area contributed by atoms with Crippen LogP contribution in [0, 0.1) is 0 Å². The fourth-order valence-corrected chi connectivity index (χ4v) is 4.08. The van der Waals surface area contributed by atoms with Crippen molar-refractivity contribution in [3.05, 3.63) is 66.9 Å². The largest absolute Gasteiger partial charge is 0.288 e. The molecule has 0 saturated heterocycles. The molecule has 6 heteroatoms. The number of halogens is 4. The van der Waals surface area contributed by atoms with Gasteiger partial charge in [-0.25, -0.2) is 0 Å². The molecule has 0 N–H and O–H groups in total. The van der Waals surface area contributed by atoms with Crippen molar-refractivity contribution in [1.29, 1.82) is 0 Å². The lowest BCUT2D eigenvalue weighted by Gasteiger charge is -2.08. The average molecular weight is 376 g/mol. The Kier molecular flexibility index (Phi) is 4.17. The number of thiophene rings is 1. The molecule has 0 saturated carbocycles. The summed E-state index contributed by atoms with van der Waals surface area (Å²) in [6.07, 6.45) is 0. The zero-order valence-corrected chi connectivity index (χ0v) is 14.1. The number of benzene rings is 2. The van der Waals surface area contributed by atoms with Gasteiger partial charge >= 0.3 is 0 Å². The van der Waals surface area contributed by atoms with E-state index in [9.17, 15) is 4.79 Å². The second-order valence-corrected chi connectivity index (χ2v) is 6.97. The summed E-state index contributed by atoms with van der Waals surface area (Å²) < 4.78 is 1.02. The number of rotatable bonds is 2. The molecular weight excluding hydrogens is 370 g/mol. The fraction of sp³-hybridized carbons (Fsp3) is 0. The third-order valence-corrected chi connectivity index (χ3v) is 5.67. The van der Waals surface area contributed by atoms with Gasteiger partial charge in [-0.05, 0) is 23.6 Å². The molecule has 1 aromatic heterocycles. The van der Waals surface area contributed by atoms with Gasteiger partial charge in [0.25, 0.3) is 0 Å². The zero-order chi connectivity index (χ0) is 15.1. The Hall–Kier alpha value is -0.770. The molecule has 0 fully saturated rings. The lowest BCUT2D eigenvalue weighted by molar-refractivity contribution is 0.104. The minimum Gasteiger partial charge on any atom is -0.288 e. The van der Waals surface area contributed by atoms with Crippen LogP contribution in [0.1, 0.15) is 15.2 Å². The van der Waals surface area contributed by atoms with Crippen LogP contribution < -0.4 is 0 Å². The van der Waals surface area contributed by atoms with E-state index in [1.165, 1.54) is 17.4 Å². The number of ketones is 1. The lowest BCUT2D eigenvalue weighted by atomic mass is 10.1. The summed E-state index contributed by atoms with van der Waals surface area (Å²) in [5, 5.41) is 1.62. The van der Waals surface area contributed by atoms with Crippen molar-refractivity contribution in [2.45, 2.75) is 0 Å². The molecule has 0 radical (unpaired) electrons. The van der Waals surface area contributed by atoms with Gasteiger partial charge in [0.2, 0.25) is 5.78 Å². The first-order valence-corrected chi connectivity index (χ1v) is 8.18. The van der Waals surface area contributed by atoms with E-state index in [2.05, 4.69) is 0 Å². The Morgan fingerprint density at radius 3 is 2.33 bits per heavy atom. The van der Waals surface area contributed by atoms with Crippen molar-refractivity contribution in [3.8, 4) is 0 Å². The lowest BCUT2D eigenvalue weighted by Crippen LogP contribution is -2.01. The molecule has 3 rings (SSSR count). The first kappa shape index (κ1) is 15.1. The highest BCUT2D eigenvalue weighted by molar-refractivity contribution is 7.21. The molecule has 0 amide bonds. The van der Waals surface area contributed by atoms with Crippen LogP contribution in [0.3, 0.4) is 0 Å². The highest BCUT2D eigenvalue weighted by Gasteiger charge is 2.22. The van der Waals surface area contributed by atoms with Gasteiger partial charge in [-0.3, -0.25) is 4.79 Å². The third-order valence-electron chi connectivity index (χ3n) is 2.99. The van der Waals surface area contributed by atoms with Gasteiger partial charge in [0.15, 0.2) is 0 Å². The third kappa shape index (κ3) is 2.67. The Balaban J connectivity index is 2.16. The van der Waals surface area contributed by atoms with Crippen molar-refractivity contribution in [2.24, 2.45) is 0 Å². The van der Waals surface area contributed by atoms with E-state index in [1.807, 2.05) is 30.3 Å². The molecule has 3 aromatic rings. The quantitative estimate of drug-likeness (QED) is 0.275. The molecule has 0 aliphatic heterocycles. The predicted octanol–water partition coefficient (Wildman–Crippen LogP) is 6.75. The smallest absolute Gasteiger partial charge is 0.206 e. The van der Waals surface area contributed by atoms with E-state index in [1.54, 1.807) is 0 Å². The molecule has 0 aliphatic carbocycles. The highest BCUT2D eigenvalue weighted by atomic mass is 35.5. The van der Waals surface area contributed by atoms with Crippen LogP contribution in [-0.4, -0.2) is 5.78 Å². The average Bonchev–Trinajstić information content (AvgIpc) is 2.88. The van der Waals surface area contributed by atoms with E-state index in [-0.39, 0.29) is 31.4 Å². The van der Waals surface area contributed by atoms with Gasteiger partial charge in [0, 0.05) is 4.70 Å². The zero-order valence-electron chi connectivity index (χ0n) is 10.3. The van der Waals surface area contributed by atoms with Crippen molar-refractivity contribution >= 4 is 73.6 Å². The predicted molar refractivity (Wildman–Crippen MR) is 91.7 cm³/mol. The fourth-order valence-electron chi connectivity index (χ4n) is 1.99. The topological polar surface area (TPSA) is 17.1 Å². The maximum Gasteiger partial charge on any atom is 0.206 e. The number of fused-ring (bicyclic) bond motifs is 1. The molecular formula is C15H6Cl4OS. The van der Waals surface area contributed by atoms with Crippen LogP contribution in [-0.2, 0) is 0 Å². The second kappa shape index (κ2) is 5.79. The molecule has 2 aromatic carbocycles. The minimum atomic E-state index is -0.259. The number of hydrogen-bond donors (Lipinski definition) is 0. The molecule has 0 bridgehead atoms.